The van der Waals surface area contributed by atoms with Gasteiger partial charge in [0.2, 0.25) is 0 Å². The van der Waals surface area contributed by atoms with Crippen molar-refractivity contribution in [2.75, 3.05) is 60.0 Å². The molecule has 16 nitrogen and oxygen atoms in total. The number of carbonyl (C=O) groups is 5. The standard InChI is InChI=1S/C39H60O16/c1-4-35(40)48-21-20-47-25-45-19-17-38(43)54-32-8-6-29(7-9-32)39(44)55-33-14-15-34(28(3)24-33)53-27-52-31-12-10-30(11-13-31)51-26-46-18-16-37(42)50-23-22-49-36(41)5-2/h4-5,28-34H,1-2,6-27H2,3H3. The Morgan fingerprint density at radius 1 is 0.527 bits per heavy atom. The second-order valence-electron chi connectivity index (χ2n) is 13.8. The lowest BCUT2D eigenvalue weighted by atomic mass is 9.85. The third-order valence-electron chi connectivity index (χ3n) is 9.69. The summed E-state index contributed by atoms with van der Waals surface area (Å²) in [7, 11) is 0. The Labute approximate surface area is 323 Å². The highest BCUT2D eigenvalue weighted by atomic mass is 16.7. The van der Waals surface area contributed by atoms with Crippen molar-refractivity contribution in [3.63, 3.8) is 0 Å². The monoisotopic (exact) mass is 784 g/mol. The summed E-state index contributed by atoms with van der Waals surface area (Å²) in [5.41, 5.74) is 0. The first-order valence-corrected chi connectivity index (χ1v) is 19.4. The maximum absolute atomic E-state index is 13.0. The highest BCUT2D eigenvalue weighted by Crippen LogP contribution is 2.32. The van der Waals surface area contributed by atoms with E-state index in [1.54, 1.807) is 0 Å². The molecule has 0 aromatic rings. The van der Waals surface area contributed by atoms with Gasteiger partial charge < -0.3 is 52.1 Å². The predicted molar refractivity (Wildman–Crippen MR) is 193 cm³/mol. The molecule has 3 fully saturated rings. The zero-order chi connectivity index (χ0) is 39.7. The lowest BCUT2D eigenvalue weighted by Gasteiger charge is -2.35. The van der Waals surface area contributed by atoms with Crippen LogP contribution in [0.3, 0.4) is 0 Å². The van der Waals surface area contributed by atoms with E-state index >= 15 is 0 Å². The normalized spacial score (nSPS) is 25.2. The first-order valence-electron chi connectivity index (χ1n) is 19.4. The van der Waals surface area contributed by atoms with E-state index in [1.807, 2.05) is 0 Å². The Kier molecular flexibility index (Phi) is 22.8. The molecule has 3 rings (SSSR count). The largest absolute Gasteiger partial charge is 0.462 e. The number of esters is 5. The summed E-state index contributed by atoms with van der Waals surface area (Å²) in [6.07, 6.45) is 10.2. The maximum Gasteiger partial charge on any atom is 0.330 e. The lowest BCUT2D eigenvalue weighted by molar-refractivity contribution is -0.172. The molecule has 16 heteroatoms. The van der Waals surface area contributed by atoms with Crippen LogP contribution in [-0.4, -0.2) is 120 Å². The molecular weight excluding hydrogens is 724 g/mol. The van der Waals surface area contributed by atoms with Gasteiger partial charge in [0.05, 0.1) is 56.9 Å². The fourth-order valence-corrected chi connectivity index (χ4v) is 6.56. The van der Waals surface area contributed by atoms with Gasteiger partial charge in [-0.25, -0.2) is 9.59 Å². The molecule has 0 spiro atoms. The van der Waals surface area contributed by atoms with Crippen molar-refractivity contribution in [1.82, 2.24) is 0 Å². The van der Waals surface area contributed by atoms with Gasteiger partial charge in [-0.3, -0.25) is 14.4 Å². The van der Waals surface area contributed by atoms with Crippen molar-refractivity contribution in [2.45, 2.75) is 121 Å². The quantitative estimate of drug-likeness (QED) is 0.0398. The van der Waals surface area contributed by atoms with Crippen LogP contribution in [0, 0.1) is 11.8 Å². The van der Waals surface area contributed by atoms with E-state index < -0.39 is 17.9 Å². The molecule has 3 unspecified atom stereocenters. The molecule has 0 amide bonds. The van der Waals surface area contributed by atoms with Crippen molar-refractivity contribution in [2.24, 2.45) is 11.8 Å². The molecule has 3 atom stereocenters. The van der Waals surface area contributed by atoms with Gasteiger partial charge in [0, 0.05) is 12.2 Å². The molecule has 0 heterocycles. The second kappa shape index (κ2) is 27.2. The average molecular weight is 785 g/mol. The fraction of sp³-hybridized carbons (Fsp3) is 0.769. The zero-order valence-corrected chi connectivity index (χ0v) is 32.2. The van der Waals surface area contributed by atoms with Crippen LogP contribution in [0.5, 0.6) is 0 Å². The minimum absolute atomic E-state index is 0.0184. The predicted octanol–water partition coefficient (Wildman–Crippen LogP) is 4.25. The van der Waals surface area contributed by atoms with Crippen LogP contribution < -0.4 is 0 Å². The Morgan fingerprint density at radius 2 is 1.05 bits per heavy atom. The van der Waals surface area contributed by atoms with Crippen molar-refractivity contribution < 1.29 is 76.1 Å². The minimum atomic E-state index is -0.568. The van der Waals surface area contributed by atoms with Gasteiger partial charge >= 0.3 is 29.8 Å². The summed E-state index contributed by atoms with van der Waals surface area (Å²) in [5, 5.41) is 0. The molecule has 0 saturated heterocycles. The maximum atomic E-state index is 13.0. The van der Waals surface area contributed by atoms with Crippen LogP contribution in [0.1, 0.15) is 90.4 Å². The van der Waals surface area contributed by atoms with Crippen LogP contribution in [0.25, 0.3) is 0 Å². The molecule has 3 saturated carbocycles. The first kappa shape index (κ1) is 46.0. The van der Waals surface area contributed by atoms with Gasteiger partial charge in [-0.2, -0.15) is 0 Å². The van der Waals surface area contributed by atoms with Crippen LogP contribution in [0.15, 0.2) is 25.3 Å². The molecule has 3 aliphatic carbocycles. The van der Waals surface area contributed by atoms with Gasteiger partial charge in [0.25, 0.3) is 0 Å². The number of ether oxygens (including phenoxy) is 11. The molecule has 3 aliphatic rings. The first-order chi connectivity index (χ1) is 26.7. The number of rotatable bonds is 26. The van der Waals surface area contributed by atoms with E-state index in [-0.39, 0.29) is 127 Å². The van der Waals surface area contributed by atoms with Gasteiger partial charge in [0.15, 0.2) is 0 Å². The lowest BCUT2D eigenvalue weighted by Crippen LogP contribution is -2.37. The van der Waals surface area contributed by atoms with Gasteiger partial charge in [-0.1, -0.05) is 20.1 Å². The number of hydrogen-bond acceptors (Lipinski definition) is 16. The SMILES string of the molecule is C=CC(=O)OCCOCOCCC(=O)OC1CCC(C(=O)OC2CCC(OCOC3CCC(OCOCCC(=O)OCCOC(=O)C=C)CC3)C(C)C2)CC1. The van der Waals surface area contributed by atoms with Gasteiger partial charge in [-0.05, 0) is 76.5 Å². The van der Waals surface area contributed by atoms with E-state index in [2.05, 4.69) is 20.1 Å². The van der Waals surface area contributed by atoms with Crippen LogP contribution in [-0.2, 0) is 76.1 Å². The van der Waals surface area contributed by atoms with E-state index in [0.29, 0.717) is 25.7 Å². The number of carbonyl (C=O) groups excluding carboxylic acids is 5. The molecule has 0 radical (unpaired) electrons. The van der Waals surface area contributed by atoms with Crippen LogP contribution in [0.2, 0.25) is 0 Å². The molecule has 0 N–H and O–H groups in total. The smallest absolute Gasteiger partial charge is 0.330 e. The van der Waals surface area contributed by atoms with Gasteiger partial charge in [0.1, 0.15) is 52.4 Å². The van der Waals surface area contributed by atoms with Crippen molar-refractivity contribution in [3.05, 3.63) is 25.3 Å². The molecule has 0 aliphatic heterocycles. The Balaban J connectivity index is 1.15. The molecule has 0 bridgehead atoms. The third kappa shape index (κ3) is 19.8. The molecule has 55 heavy (non-hydrogen) atoms. The highest BCUT2D eigenvalue weighted by molar-refractivity contribution is 5.81. The van der Waals surface area contributed by atoms with E-state index in [4.69, 9.17) is 52.1 Å². The Hall–Kier alpha value is -3.41. The summed E-state index contributed by atoms with van der Waals surface area (Å²) < 4.78 is 59.7. The van der Waals surface area contributed by atoms with Gasteiger partial charge in [-0.15, -0.1) is 0 Å². The highest BCUT2D eigenvalue weighted by Gasteiger charge is 2.34. The summed E-state index contributed by atoms with van der Waals surface area (Å²) in [6, 6.07) is 0. The van der Waals surface area contributed by atoms with E-state index in [0.717, 1.165) is 57.1 Å². The summed E-state index contributed by atoms with van der Waals surface area (Å²) in [6.45, 7) is 9.53. The molecule has 0 aromatic heterocycles. The summed E-state index contributed by atoms with van der Waals surface area (Å²) >= 11 is 0. The van der Waals surface area contributed by atoms with Crippen LogP contribution in [0.4, 0.5) is 0 Å². The van der Waals surface area contributed by atoms with Crippen molar-refractivity contribution in [3.8, 4) is 0 Å². The Morgan fingerprint density at radius 3 is 1.69 bits per heavy atom. The van der Waals surface area contributed by atoms with E-state index in [9.17, 15) is 24.0 Å². The van der Waals surface area contributed by atoms with Crippen molar-refractivity contribution >= 4 is 29.8 Å². The third-order valence-corrected chi connectivity index (χ3v) is 9.69. The zero-order valence-electron chi connectivity index (χ0n) is 32.2. The molecule has 312 valence electrons. The molecule has 0 aromatic carbocycles. The van der Waals surface area contributed by atoms with Crippen molar-refractivity contribution in [1.29, 1.82) is 0 Å². The van der Waals surface area contributed by atoms with E-state index in [1.165, 1.54) is 0 Å². The average Bonchev–Trinajstić information content (AvgIpc) is 3.18. The summed E-state index contributed by atoms with van der Waals surface area (Å²) in [4.78, 5) is 58.7. The second-order valence-corrected chi connectivity index (χ2v) is 13.8. The Bertz CT molecular complexity index is 1180. The number of hydrogen-bond donors (Lipinski definition) is 0. The topological polar surface area (TPSA) is 187 Å². The molecular formula is C39H60O16. The fourth-order valence-electron chi connectivity index (χ4n) is 6.56. The summed E-state index contributed by atoms with van der Waals surface area (Å²) in [5.74, 6) is -2.04. The minimum Gasteiger partial charge on any atom is -0.462 e. The van der Waals surface area contributed by atoms with Crippen LogP contribution >= 0.6 is 0 Å².